The van der Waals surface area contributed by atoms with Gasteiger partial charge in [-0.05, 0) is 32.4 Å². The highest BCUT2D eigenvalue weighted by Crippen LogP contribution is 2.28. The Morgan fingerprint density at radius 1 is 1.33 bits per heavy atom. The van der Waals surface area contributed by atoms with Crippen LogP contribution in [0, 0.1) is 11.6 Å². The van der Waals surface area contributed by atoms with Crippen molar-refractivity contribution in [3.8, 4) is 0 Å². The zero-order chi connectivity index (χ0) is 16.6. The summed E-state index contributed by atoms with van der Waals surface area (Å²) in [6, 6.07) is 1.36. The third kappa shape index (κ3) is 3.06. The molecule has 21 heavy (non-hydrogen) atoms. The van der Waals surface area contributed by atoms with Crippen molar-refractivity contribution in [2.75, 3.05) is 7.05 Å². The van der Waals surface area contributed by atoms with Gasteiger partial charge in [-0.15, -0.1) is 0 Å². The average molecular weight is 321 g/mol. The Balaban J connectivity index is 3.54. The number of hydrogen-bond acceptors (Lipinski definition) is 3. The molecule has 0 saturated carbocycles. The fourth-order valence-electron chi connectivity index (χ4n) is 1.62. The Morgan fingerprint density at radius 3 is 2.29 bits per heavy atom. The van der Waals surface area contributed by atoms with Gasteiger partial charge in [0.05, 0.1) is 0 Å². The SMILES string of the molecule is CCC(C)(C)N(C)S(=O)(=O)c1ccc(F)c(C(=O)O)c1F. The van der Waals surface area contributed by atoms with Crippen LogP contribution in [0.2, 0.25) is 0 Å². The number of sulfonamides is 1. The van der Waals surface area contributed by atoms with Crippen molar-refractivity contribution >= 4 is 16.0 Å². The van der Waals surface area contributed by atoms with Crippen LogP contribution in [0.25, 0.3) is 0 Å². The summed E-state index contributed by atoms with van der Waals surface area (Å²) in [6.07, 6.45) is 0.456. The molecule has 0 spiro atoms. The molecule has 0 aliphatic carbocycles. The lowest BCUT2D eigenvalue weighted by atomic mass is 10.0. The minimum atomic E-state index is -4.28. The fourth-order valence-corrected chi connectivity index (χ4v) is 3.27. The molecule has 1 aromatic rings. The van der Waals surface area contributed by atoms with E-state index >= 15 is 0 Å². The summed E-state index contributed by atoms with van der Waals surface area (Å²) in [5, 5.41) is 8.79. The first kappa shape index (κ1) is 17.5. The van der Waals surface area contributed by atoms with Crippen LogP contribution in [0.4, 0.5) is 8.78 Å². The van der Waals surface area contributed by atoms with E-state index in [1.807, 2.05) is 0 Å². The minimum Gasteiger partial charge on any atom is -0.477 e. The highest BCUT2D eigenvalue weighted by Gasteiger charge is 2.36. The van der Waals surface area contributed by atoms with Crippen molar-refractivity contribution in [3.63, 3.8) is 0 Å². The first-order chi connectivity index (χ1) is 9.46. The van der Waals surface area contributed by atoms with Gasteiger partial charge >= 0.3 is 5.97 Å². The number of hydrogen-bond donors (Lipinski definition) is 1. The summed E-state index contributed by atoms with van der Waals surface area (Å²) in [5.41, 5.74) is -2.08. The number of rotatable bonds is 5. The Morgan fingerprint density at radius 2 is 1.86 bits per heavy atom. The summed E-state index contributed by atoms with van der Waals surface area (Å²) in [4.78, 5) is 10.0. The summed E-state index contributed by atoms with van der Waals surface area (Å²) >= 11 is 0. The molecule has 0 radical (unpaired) electrons. The summed E-state index contributed by atoms with van der Waals surface area (Å²) in [6.45, 7) is 5.05. The van der Waals surface area contributed by atoms with Gasteiger partial charge in [-0.2, -0.15) is 4.31 Å². The van der Waals surface area contributed by atoms with Crippen LogP contribution < -0.4 is 0 Å². The fraction of sp³-hybridized carbons (Fsp3) is 0.462. The maximum atomic E-state index is 14.1. The molecular formula is C13H17F2NO4S. The van der Waals surface area contributed by atoms with E-state index in [1.54, 1.807) is 20.8 Å². The molecule has 8 heteroatoms. The number of carboxylic acids is 1. The number of halogens is 2. The Labute approximate surface area is 122 Å². The van der Waals surface area contributed by atoms with Crippen LogP contribution >= 0.6 is 0 Å². The van der Waals surface area contributed by atoms with Crippen molar-refractivity contribution in [2.45, 2.75) is 37.6 Å². The summed E-state index contributed by atoms with van der Waals surface area (Å²) < 4.78 is 53.2. The lowest BCUT2D eigenvalue weighted by Gasteiger charge is -2.33. The Hall–Kier alpha value is -1.54. The molecule has 0 bridgehead atoms. The van der Waals surface area contributed by atoms with Crippen LogP contribution in [0.3, 0.4) is 0 Å². The monoisotopic (exact) mass is 321 g/mol. The van der Waals surface area contributed by atoms with Crippen molar-refractivity contribution in [1.29, 1.82) is 0 Å². The second-order valence-electron chi connectivity index (χ2n) is 5.18. The lowest BCUT2D eigenvalue weighted by molar-refractivity contribution is 0.0685. The topological polar surface area (TPSA) is 74.7 Å². The number of carbonyl (C=O) groups is 1. The van der Waals surface area contributed by atoms with E-state index in [4.69, 9.17) is 5.11 Å². The van der Waals surface area contributed by atoms with Crippen molar-refractivity contribution < 1.29 is 27.1 Å². The molecule has 0 amide bonds. The summed E-state index contributed by atoms with van der Waals surface area (Å²) in [7, 11) is -3.02. The smallest absolute Gasteiger partial charge is 0.341 e. The van der Waals surface area contributed by atoms with E-state index < -0.39 is 43.6 Å². The molecule has 0 saturated heterocycles. The third-order valence-corrected chi connectivity index (χ3v) is 5.71. The highest BCUT2D eigenvalue weighted by atomic mass is 32.2. The van der Waals surface area contributed by atoms with Crippen molar-refractivity contribution in [1.82, 2.24) is 4.31 Å². The summed E-state index contributed by atoms with van der Waals surface area (Å²) in [5.74, 6) is -4.78. The first-order valence-corrected chi connectivity index (χ1v) is 7.61. The standard InChI is InChI=1S/C13H17F2NO4S/c1-5-13(2,3)16(4)21(19,20)9-7-6-8(14)10(11(9)15)12(17)18/h6-7H,5H2,1-4H3,(H,17,18). The van der Waals surface area contributed by atoms with Gasteiger partial charge in [-0.1, -0.05) is 6.92 Å². The molecule has 0 aromatic heterocycles. The van der Waals surface area contributed by atoms with Crippen molar-refractivity contribution in [2.24, 2.45) is 0 Å². The third-order valence-electron chi connectivity index (χ3n) is 3.63. The van der Waals surface area contributed by atoms with Gasteiger partial charge in [-0.25, -0.2) is 22.0 Å². The van der Waals surface area contributed by atoms with Gasteiger partial charge in [0.2, 0.25) is 10.0 Å². The minimum absolute atomic E-state index is 0.456. The molecule has 1 aromatic carbocycles. The first-order valence-electron chi connectivity index (χ1n) is 6.17. The van der Waals surface area contributed by atoms with Gasteiger partial charge < -0.3 is 5.11 Å². The van der Waals surface area contributed by atoms with E-state index in [9.17, 15) is 22.0 Å². The number of carboxylic acid groups (broad SMARTS) is 1. The van der Waals surface area contributed by atoms with Crippen LogP contribution in [0.1, 0.15) is 37.6 Å². The Kier molecular flexibility index (Phi) is 4.74. The van der Waals surface area contributed by atoms with Gasteiger partial charge in [0.1, 0.15) is 16.3 Å². The van der Waals surface area contributed by atoms with Crippen LogP contribution in [0.15, 0.2) is 17.0 Å². The average Bonchev–Trinajstić information content (AvgIpc) is 2.36. The van der Waals surface area contributed by atoms with Gasteiger partial charge in [-0.3, -0.25) is 0 Å². The van der Waals surface area contributed by atoms with E-state index in [1.165, 1.54) is 7.05 Å². The van der Waals surface area contributed by atoms with Crippen LogP contribution in [0.5, 0.6) is 0 Å². The number of nitrogens with zero attached hydrogens (tertiary/aromatic N) is 1. The zero-order valence-corrected chi connectivity index (χ0v) is 13.0. The molecule has 1 N–H and O–H groups in total. The molecule has 0 aliphatic rings. The van der Waals surface area contributed by atoms with Gasteiger partial charge in [0, 0.05) is 12.6 Å². The van der Waals surface area contributed by atoms with Crippen molar-refractivity contribution in [3.05, 3.63) is 29.3 Å². The predicted molar refractivity (Wildman–Crippen MR) is 72.6 cm³/mol. The molecule has 0 heterocycles. The molecule has 0 atom stereocenters. The largest absolute Gasteiger partial charge is 0.477 e. The number of benzene rings is 1. The van der Waals surface area contributed by atoms with Gasteiger partial charge in [0.25, 0.3) is 0 Å². The second kappa shape index (κ2) is 5.69. The van der Waals surface area contributed by atoms with Crippen LogP contribution in [-0.2, 0) is 10.0 Å². The Bertz CT molecular complexity index is 671. The molecular weight excluding hydrogens is 304 g/mol. The molecule has 0 unspecified atom stereocenters. The number of aromatic carboxylic acids is 1. The molecule has 0 aliphatic heterocycles. The quantitative estimate of drug-likeness (QED) is 0.904. The predicted octanol–water partition coefficient (Wildman–Crippen LogP) is 2.47. The second-order valence-corrected chi connectivity index (χ2v) is 7.12. The molecule has 0 fully saturated rings. The maximum absolute atomic E-state index is 14.1. The molecule has 1 rings (SSSR count). The highest BCUT2D eigenvalue weighted by molar-refractivity contribution is 7.89. The maximum Gasteiger partial charge on any atom is 0.341 e. The van der Waals surface area contributed by atoms with E-state index in [0.29, 0.717) is 12.5 Å². The molecule has 118 valence electrons. The van der Waals surface area contributed by atoms with E-state index in [2.05, 4.69) is 0 Å². The van der Waals surface area contributed by atoms with E-state index in [0.717, 1.165) is 10.4 Å². The molecule has 5 nitrogen and oxygen atoms in total. The van der Waals surface area contributed by atoms with Crippen LogP contribution in [-0.4, -0.2) is 36.4 Å². The normalized spacial score (nSPS) is 12.7. The van der Waals surface area contributed by atoms with Gasteiger partial charge in [0.15, 0.2) is 5.82 Å². The zero-order valence-electron chi connectivity index (χ0n) is 12.1. The van der Waals surface area contributed by atoms with E-state index in [-0.39, 0.29) is 0 Å². The lowest BCUT2D eigenvalue weighted by Crippen LogP contribution is -2.44.